The Balaban J connectivity index is 0.000000105. The lowest BCUT2D eigenvalue weighted by molar-refractivity contribution is 1.17. The Labute approximate surface area is 53.0 Å². The fourth-order valence-electron chi connectivity index (χ4n) is 0. The maximum absolute atomic E-state index is 4.71. The van der Waals surface area contributed by atoms with E-state index in [-0.39, 0.29) is 4.32 Å². The topological polar surface area (TPSA) is 69.9 Å². The highest BCUT2D eigenvalue weighted by Crippen LogP contribution is 1.63. The lowest BCUT2D eigenvalue weighted by Gasteiger charge is -1.64. The predicted molar refractivity (Wildman–Crippen MR) is 36.9 cm³/mol. The van der Waals surface area contributed by atoms with Crippen LogP contribution in [0.15, 0.2) is 0 Å². The molecule has 42 valence electrons. The number of nitrogens with two attached hydrogens (primary N) is 1. The molecule has 1 aliphatic rings. The standard InChI is InChI=1S/CH4N2.CH3NS2/c1-2-3-1;2-1(3)4/h2-3H,1H2;(H3,2,3,4). The minimum Gasteiger partial charge on any atom is -0.385 e. The van der Waals surface area contributed by atoms with E-state index in [1.54, 1.807) is 0 Å². The number of nitrogens with one attached hydrogen (secondary N) is 2. The van der Waals surface area contributed by atoms with E-state index in [0.717, 1.165) is 6.67 Å². The Morgan fingerprint density at radius 2 is 1.86 bits per heavy atom. The molecular weight excluding hydrogens is 130 g/mol. The summed E-state index contributed by atoms with van der Waals surface area (Å²) >= 11 is 7.65. The van der Waals surface area contributed by atoms with Crippen LogP contribution in [-0.4, -0.2) is 11.0 Å². The molecule has 1 fully saturated rings. The van der Waals surface area contributed by atoms with Gasteiger partial charge in [-0.25, -0.2) is 10.9 Å². The molecule has 0 atom stereocenters. The normalized spacial score (nSPS) is 13.9. The molecule has 4 N–H and O–H groups in total. The third kappa shape index (κ3) is 79.2. The van der Waals surface area contributed by atoms with Crippen LogP contribution in [0.2, 0.25) is 0 Å². The summed E-state index contributed by atoms with van der Waals surface area (Å²) in [6.07, 6.45) is 0. The van der Waals surface area contributed by atoms with Crippen molar-refractivity contribution < 1.29 is 0 Å². The maximum atomic E-state index is 4.71. The van der Waals surface area contributed by atoms with Crippen LogP contribution in [0, 0.1) is 0 Å². The summed E-state index contributed by atoms with van der Waals surface area (Å²) in [7, 11) is 0. The Bertz CT molecular complexity index is 55.2. The lowest BCUT2D eigenvalue weighted by Crippen LogP contribution is -1.94. The molecule has 3 nitrogen and oxygen atoms in total. The van der Waals surface area contributed by atoms with Crippen molar-refractivity contribution in [1.29, 1.82) is 0 Å². The second-order valence-electron chi connectivity index (χ2n) is 0.869. The van der Waals surface area contributed by atoms with E-state index in [1.807, 2.05) is 0 Å². The molecule has 0 aromatic carbocycles. The van der Waals surface area contributed by atoms with Crippen LogP contribution >= 0.6 is 24.8 Å². The smallest absolute Gasteiger partial charge is 0.128 e. The first-order valence-electron chi connectivity index (χ1n) is 1.67. The summed E-state index contributed by atoms with van der Waals surface area (Å²) in [6, 6.07) is 0. The Kier molecular flexibility index (Phi) is 4.42. The van der Waals surface area contributed by atoms with Gasteiger partial charge in [0, 0.05) is 0 Å². The van der Waals surface area contributed by atoms with Gasteiger partial charge < -0.3 is 5.73 Å². The van der Waals surface area contributed by atoms with Crippen molar-refractivity contribution in [3.05, 3.63) is 0 Å². The molecule has 1 rings (SSSR count). The minimum atomic E-state index is 0.194. The molecule has 1 heterocycles. The van der Waals surface area contributed by atoms with Gasteiger partial charge in [0.25, 0.3) is 0 Å². The van der Waals surface area contributed by atoms with Gasteiger partial charge in [0.15, 0.2) is 0 Å². The summed E-state index contributed by atoms with van der Waals surface area (Å²) in [5.74, 6) is 0. The van der Waals surface area contributed by atoms with Gasteiger partial charge >= 0.3 is 0 Å². The van der Waals surface area contributed by atoms with Crippen LogP contribution in [0.5, 0.6) is 0 Å². The molecule has 0 aromatic rings. The first-order valence-corrected chi connectivity index (χ1v) is 2.53. The third-order valence-electron chi connectivity index (χ3n) is 0.177. The number of thiol groups is 1. The van der Waals surface area contributed by atoms with Crippen LogP contribution in [0.4, 0.5) is 0 Å². The average Bonchev–Trinajstić information content (AvgIpc) is 2.02. The summed E-state index contributed by atoms with van der Waals surface area (Å²) in [4.78, 5) is 0. The molecule has 0 spiro atoms. The zero-order valence-corrected chi connectivity index (χ0v) is 5.35. The number of thiocarbonyl (C=S) groups is 1. The van der Waals surface area contributed by atoms with Crippen LogP contribution in [0.1, 0.15) is 0 Å². The Morgan fingerprint density at radius 3 is 1.86 bits per heavy atom. The fourth-order valence-corrected chi connectivity index (χ4v) is 0. The highest BCUT2D eigenvalue weighted by atomic mass is 32.1. The number of hydrogen-bond acceptors (Lipinski definition) is 3. The summed E-state index contributed by atoms with van der Waals surface area (Å²) < 4.78 is 0.194. The van der Waals surface area contributed by atoms with Crippen molar-refractivity contribution in [2.75, 3.05) is 6.67 Å². The van der Waals surface area contributed by atoms with E-state index in [1.165, 1.54) is 0 Å². The van der Waals surface area contributed by atoms with Crippen molar-refractivity contribution in [3.8, 4) is 0 Å². The van der Waals surface area contributed by atoms with Crippen molar-refractivity contribution >= 4 is 29.2 Å². The van der Waals surface area contributed by atoms with Gasteiger partial charge in [0.05, 0.1) is 6.67 Å². The first kappa shape index (κ1) is 7.16. The number of hydrogen-bond donors (Lipinski definition) is 4. The van der Waals surface area contributed by atoms with Gasteiger partial charge in [-0.05, 0) is 0 Å². The van der Waals surface area contributed by atoms with Crippen molar-refractivity contribution in [3.63, 3.8) is 0 Å². The molecule has 0 bridgehead atoms. The van der Waals surface area contributed by atoms with E-state index in [0.29, 0.717) is 0 Å². The molecule has 1 aliphatic heterocycles. The number of rotatable bonds is 0. The highest BCUT2D eigenvalue weighted by Gasteiger charge is 1.87. The molecule has 1 saturated heterocycles. The molecule has 0 amide bonds. The number of hydrazine groups is 1. The molecule has 0 aliphatic carbocycles. The second kappa shape index (κ2) is 4.32. The SMILES string of the molecule is C1NN1.NC(=S)S. The van der Waals surface area contributed by atoms with Gasteiger partial charge in [0.2, 0.25) is 0 Å². The third-order valence-corrected chi connectivity index (χ3v) is 0.177. The first-order chi connectivity index (χ1) is 3.23. The van der Waals surface area contributed by atoms with E-state index >= 15 is 0 Å². The van der Waals surface area contributed by atoms with Crippen LogP contribution in [0.25, 0.3) is 0 Å². The zero-order chi connectivity index (χ0) is 5.70. The van der Waals surface area contributed by atoms with E-state index in [9.17, 15) is 0 Å². The summed E-state index contributed by atoms with van der Waals surface area (Å²) in [6.45, 7) is 1.00. The van der Waals surface area contributed by atoms with Crippen molar-refractivity contribution in [2.45, 2.75) is 0 Å². The monoisotopic (exact) mass is 137 g/mol. The van der Waals surface area contributed by atoms with Gasteiger partial charge in [-0.15, -0.1) is 12.6 Å². The molecular formula is C2H7N3S2. The lowest BCUT2D eigenvalue weighted by atomic mass is 11.4. The van der Waals surface area contributed by atoms with E-state index in [4.69, 9.17) is 5.73 Å². The van der Waals surface area contributed by atoms with Gasteiger partial charge in [-0.2, -0.15) is 0 Å². The van der Waals surface area contributed by atoms with Crippen molar-refractivity contribution in [2.24, 2.45) is 5.73 Å². The molecule has 0 unspecified atom stereocenters. The van der Waals surface area contributed by atoms with E-state index < -0.39 is 0 Å². The van der Waals surface area contributed by atoms with Gasteiger partial charge in [-0.1, -0.05) is 12.2 Å². The molecule has 0 aromatic heterocycles. The van der Waals surface area contributed by atoms with Crippen molar-refractivity contribution in [1.82, 2.24) is 10.9 Å². The summed E-state index contributed by atoms with van der Waals surface area (Å²) in [5.41, 5.74) is 10.2. The second-order valence-corrected chi connectivity index (χ2v) is 2.09. The van der Waals surface area contributed by atoms with E-state index in [2.05, 4.69) is 35.7 Å². The molecule has 0 saturated carbocycles. The molecule has 0 radical (unpaired) electrons. The van der Waals surface area contributed by atoms with Crippen LogP contribution < -0.4 is 16.6 Å². The zero-order valence-electron chi connectivity index (χ0n) is 3.64. The van der Waals surface area contributed by atoms with Crippen LogP contribution in [0.3, 0.4) is 0 Å². The van der Waals surface area contributed by atoms with Gasteiger partial charge in [-0.3, -0.25) is 0 Å². The average molecular weight is 137 g/mol. The fraction of sp³-hybridized carbons (Fsp3) is 0.500. The molecule has 5 heteroatoms. The Morgan fingerprint density at radius 1 is 1.71 bits per heavy atom. The maximum Gasteiger partial charge on any atom is 0.128 e. The Hall–Kier alpha value is 0.160. The summed E-state index contributed by atoms with van der Waals surface area (Å²) in [5, 5.41) is 0. The minimum absolute atomic E-state index is 0.194. The quantitative estimate of drug-likeness (QED) is 0.201. The largest absolute Gasteiger partial charge is 0.385 e. The van der Waals surface area contributed by atoms with Gasteiger partial charge in [0.1, 0.15) is 4.32 Å². The predicted octanol–water partition coefficient (Wildman–Crippen LogP) is -0.788. The highest BCUT2D eigenvalue weighted by molar-refractivity contribution is 8.10. The molecule has 7 heavy (non-hydrogen) atoms. The van der Waals surface area contributed by atoms with Crippen LogP contribution in [-0.2, 0) is 0 Å².